The summed E-state index contributed by atoms with van der Waals surface area (Å²) in [5, 5.41) is 13.5. The highest BCUT2D eigenvalue weighted by atomic mass is 79.9. The summed E-state index contributed by atoms with van der Waals surface area (Å²) in [6.07, 6.45) is -0.291. The van der Waals surface area contributed by atoms with E-state index in [1.165, 1.54) is 0 Å². The number of carbonyl (C=O) groups excluding carboxylic acids is 2. The van der Waals surface area contributed by atoms with Crippen LogP contribution in [-0.4, -0.2) is 16.8 Å². The minimum Gasteiger partial charge on any atom is -0.375 e. The van der Waals surface area contributed by atoms with Gasteiger partial charge in [-0.25, -0.2) is 0 Å². The van der Waals surface area contributed by atoms with Gasteiger partial charge in [-0.05, 0) is 55.1 Å². The number of thiophene rings is 1. The van der Waals surface area contributed by atoms with Crippen LogP contribution in [0.4, 0.5) is 5.69 Å². The van der Waals surface area contributed by atoms with Crippen LogP contribution in [0.25, 0.3) is 0 Å². The molecule has 0 saturated heterocycles. The van der Waals surface area contributed by atoms with Crippen molar-refractivity contribution in [2.45, 2.75) is 32.4 Å². The molecule has 4 rings (SSSR count). The Bertz CT molecular complexity index is 1110. The van der Waals surface area contributed by atoms with Crippen molar-refractivity contribution in [3.8, 4) is 0 Å². The van der Waals surface area contributed by atoms with E-state index in [4.69, 9.17) is 0 Å². The van der Waals surface area contributed by atoms with Crippen LogP contribution in [0, 0.1) is 13.8 Å². The van der Waals surface area contributed by atoms with Crippen molar-refractivity contribution in [3.63, 3.8) is 0 Å². The number of hydrogen-bond acceptors (Lipinski definition) is 4. The minimum atomic E-state index is -1.89. The van der Waals surface area contributed by atoms with Gasteiger partial charge in [-0.1, -0.05) is 39.7 Å². The smallest absolute Gasteiger partial charge is 0.264 e. The Kier molecular flexibility index (Phi) is 5.19. The summed E-state index contributed by atoms with van der Waals surface area (Å²) in [6.45, 7) is 4.15. The van der Waals surface area contributed by atoms with Crippen LogP contribution >= 0.6 is 27.3 Å². The molecule has 2 heterocycles. The predicted octanol–water partition coefficient (Wildman–Crippen LogP) is 5.13. The summed E-state index contributed by atoms with van der Waals surface area (Å²) in [5.74, 6) is -0.705. The van der Waals surface area contributed by atoms with Crippen LogP contribution in [0.1, 0.15) is 38.3 Å². The Morgan fingerprint density at radius 2 is 1.97 bits per heavy atom. The van der Waals surface area contributed by atoms with Gasteiger partial charge in [-0.2, -0.15) is 0 Å². The molecule has 0 bridgehead atoms. The van der Waals surface area contributed by atoms with Gasteiger partial charge < -0.3 is 10.0 Å². The van der Waals surface area contributed by atoms with Crippen molar-refractivity contribution in [2.75, 3.05) is 4.90 Å². The van der Waals surface area contributed by atoms with Crippen LogP contribution in [0.3, 0.4) is 0 Å². The first kappa shape index (κ1) is 20.0. The molecular weight excluding hydrogens is 450 g/mol. The molecule has 29 heavy (non-hydrogen) atoms. The Labute approximate surface area is 181 Å². The lowest BCUT2D eigenvalue weighted by Crippen LogP contribution is -2.41. The number of aryl methyl sites for hydroxylation is 2. The number of fused-ring (bicyclic) bond motifs is 1. The molecular formula is C23H20BrNO3S. The van der Waals surface area contributed by atoms with Gasteiger partial charge in [0.2, 0.25) is 0 Å². The lowest BCUT2D eigenvalue weighted by atomic mass is 9.87. The average molecular weight is 470 g/mol. The maximum absolute atomic E-state index is 13.4. The number of rotatable bonds is 5. The molecule has 1 aliphatic heterocycles. The van der Waals surface area contributed by atoms with Crippen molar-refractivity contribution in [1.82, 2.24) is 0 Å². The van der Waals surface area contributed by atoms with Crippen LogP contribution < -0.4 is 4.90 Å². The van der Waals surface area contributed by atoms with Gasteiger partial charge >= 0.3 is 0 Å². The van der Waals surface area contributed by atoms with E-state index in [-0.39, 0.29) is 12.2 Å². The first-order valence-corrected chi connectivity index (χ1v) is 10.9. The lowest BCUT2D eigenvalue weighted by molar-refractivity contribution is -0.136. The molecule has 1 aromatic heterocycles. The van der Waals surface area contributed by atoms with E-state index < -0.39 is 11.5 Å². The number of ketones is 1. The topological polar surface area (TPSA) is 57.6 Å². The van der Waals surface area contributed by atoms with E-state index in [0.717, 1.165) is 20.5 Å². The van der Waals surface area contributed by atoms with E-state index in [2.05, 4.69) is 15.9 Å². The van der Waals surface area contributed by atoms with Gasteiger partial charge in [0, 0.05) is 20.5 Å². The second kappa shape index (κ2) is 7.52. The summed E-state index contributed by atoms with van der Waals surface area (Å²) in [4.78, 5) is 29.0. The van der Waals surface area contributed by atoms with Crippen LogP contribution in [-0.2, 0) is 16.9 Å². The van der Waals surface area contributed by atoms with Crippen molar-refractivity contribution >= 4 is 44.6 Å². The van der Waals surface area contributed by atoms with Crippen molar-refractivity contribution in [3.05, 3.63) is 85.5 Å². The van der Waals surface area contributed by atoms with E-state index >= 15 is 0 Å². The monoisotopic (exact) mass is 469 g/mol. The van der Waals surface area contributed by atoms with E-state index in [0.29, 0.717) is 23.4 Å². The SMILES string of the molecule is Cc1ccc(C)c(C(=O)CC2(O)C(=O)N(Cc3cccs3)c3ccc(Br)cc32)c1. The molecule has 1 amide bonds. The van der Waals surface area contributed by atoms with E-state index in [1.54, 1.807) is 22.3 Å². The number of carbonyl (C=O) groups is 2. The predicted molar refractivity (Wildman–Crippen MR) is 118 cm³/mol. The first-order valence-electron chi connectivity index (χ1n) is 9.27. The summed E-state index contributed by atoms with van der Waals surface area (Å²) in [5.41, 5.74) is 1.56. The Morgan fingerprint density at radius 3 is 2.69 bits per heavy atom. The molecule has 2 aromatic carbocycles. The number of anilines is 1. The summed E-state index contributed by atoms with van der Waals surface area (Å²) in [6, 6.07) is 14.9. The molecule has 4 nitrogen and oxygen atoms in total. The zero-order chi connectivity index (χ0) is 20.8. The molecule has 0 spiro atoms. The van der Waals surface area contributed by atoms with Crippen LogP contribution in [0.15, 0.2) is 58.4 Å². The molecule has 1 N–H and O–H groups in total. The largest absolute Gasteiger partial charge is 0.375 e. The normalized spacial score (nSPS) is 18.2. The molecule has 1 unspecified atom stereocenters. The summed E-state index contributed by atoms with van der Waals surface area (Å²) in [7, 11) is 0. The number of hydrogen-bond donors (Lipinski definition) is 1. The summed E-state index contributed by atoms with van der Waals surface area (Å²) < 4.78 is 0.750. The number of benzene rings is 2. The maximum Gasteiger partial charge on any atom is 0.264 e. The van der Waals surface area contributed by atoms with E-state index in [1.807, 2.05) is 61.7 Å². The van der Waals surface area contributed by atoms with Gasteiger partial charge in [0.1, 0.15) is 0 Å². The third-order valence-corrected chi connectivity index (χ3v) is 6.65. The van der Waals surface area contributed by atoms with Gasteiger partial charge in [0.05, 0.1) is 18.7 Å². The first-order chi connectivity index (χ1) is 13.8. The van der Waals surface area contributed by atoms with Gasteiger partial charge in [-0.3, -0.25) is 9.59 Å². The molecule has 0 aliphatic carbocycles. The second-order valence-electron chi connectivity index (χ2n) is 7.41. The highest BCUT2D eigenvalue weighted by molar-refractivity contribution is 9.10. The lowest BCUT2D eigenvalue weighted by Gasteiger charge is -2.23. The maximum atomic E-state index is 13.4. The molecule has 3 aromatic rings. The van der Waals surface area contributed by atoms with Gasteiger partial charge in [-0.15, -0.1) is 11.3 Å². The zero-order valence-electron chi connectivity index (χ0n) is 16.1. The van der Waals surface area contributed by atoms with Gasteiger partial charge in [0.15, 0.2) is 11.4 Å². The number of nitrogens with zero attached hydrogens (tertiary/aromatic N) is 1. The molecule has 0 radical (unpaired) electrons. The molecule has 6 heteroatoms. The minimum absolute atomic E-state index is 0.244. The van der Waals surface area contributed by atoms with Crippen molar-refractivity contribution < 1.29 is 14.7 Å². The van der Waals surface area contributed by atoms with Crippen molar-refractivity contribution in [1.29, 1.82) is 0 Å². The molecule has 148 valence electrons. The quantitative estimate of drug-likeness (QED) is 0.526. The molecule has 1 aliphatic rings. The Hall–Kier alpha value is -2.28. The zero-order valence-corrected chi connectivity index (χ0v) is 18.5. The molecule has 0 fully saturated rings. The fraction of sp³-hybridized carbons (Fsp3) is 0.217. The van der Waals surface area contributed by atoms with Crippen LogP contribution in [0.5, 0.6) is 0 Å². The highest BCUT2D eigenvalue weighted by Crippen LogP contribution is 2.45. The van der Waals surface area contributed by atoms with Crippen molar-refractivity contribution in [2.24, 2.45) is 0 Å². The highest BCUT2D eigenvalue weighted by Gasteiger charge is 2.51. The number of halogens is 1. The third-order valence-electron chi connectivity index (χ3n) is 5.30. The Morgan fingerprint density at radius 1 is 1.17 bits per heavy atom. The van der Waals surface area contributed by atoms with Crippen LogP contribution in [0.2, 0.25) is 0 Å². The Balaban J connectivity index is 1.74. The standard InChI is InChI=1S/C23H20BrNO3S/c1-14-5-6-15(2)18(10-14)21(26)12-23(28)19-11-16(24)7-8-20(19)25(22(23)27)13-17-4-3-9-29-17/h3-11,28H,12-13H2,1-2H3. The fourth-order valence-corrected chi connectivity index (χ4v) is 4.83. The third kappa shape index (κ3) is 3.56. The average Bonchev–Trinajstić information content (AvgIpc) is 3.26. The number of amides is 1. The number of aliphatic hydroxyl groups is 1. The molecule has 0 saturated carbocycles. The second-order valence-corrected chi connectivity index (χ2v) is 9.36. The van der Waals surface area contributed by atoms with Gasteiger partial charge in [0.25, 0.3) is 5.91 Å². The number of Topliss-reactive ketones (excluding diaryl/α,β-unsaturated/α-hetero) is 1. The summed E-state index contributed by atoms with van der Waals surface area (Å²) >= 11 is 4.98. The molecule has 1 atom stereocenters. The van der Waals surface area contributed by atoms with E-state index in [9.17, 15) is 14.7 Å². The fourth-order valence-electron chi connectivity index (χ4n) is 3.77.